The lowest BCUT2D eigenvalue weighted by molar-refractivity contribution is -0.111. The number of benzene rings is 1. The summed E-state index contributed by atoms with van der Waals surface area (Å²) in [5.74, 6) is 0.978. The van der Waals surface area contributed by atoms with Gasteiger partial charge in [0.25, 0.3) is 0 Å². The maximum atomic E-state index is 12.1. The third kappa shape index (κ3) is 2.52. The third-order valence-corrected chi connectivity index (χ3v) is 4.00. The van der Waals surface area contributed by atoms with E-state index in [1.807, 2.05) is 31.3 Å². The quantitative estimate of drug-likeness (QED) is 0.755. The Balaban J connectivity index is 1.51. The van der Waals surface area contributed by atoms with E-state index in [0.717, 1.165) is 41.9 Å². The highest BCUT2D eigenvalue weighted by Crippen LogP contribution is 2.28. The topological polar surface area (TPSA) is 73.0 Å². The zero-order valence-corrected chi connectivity index (χ0v) is 12.7. The molecule has 0 atom stereocenters. The molecule has 2 heterocycles. The Hall–Kier alpha value is -2.89. The standard InChI is InChI=1S/C17H16N4O2/c1-21-17(11-5-4-7-12(11)20-21)19-15(22)9-10-16-18-13-6-2-3-8-14(13)23-16/h2-3,6,8-10H,4-5,7H2,1H3,(H,19,22). The van der Waals surface area contributed by atoms with Crippen LogP contribution in [0, 0.1) is 0 Å². The van der Waals surface area contributed by atoms with Crippen LogP contribution in [0.5, 0.6) is 0 Å². The van der Waals surface area contributed by atoms with Gasteiger partial charge in [0, 0.05) is 24.8 Å². The van der Waals surface area contributed by atoms with Gasteiger partial charge in [-0.25, -0.2) is 4.98 Å². The van der Waals surface area contributed by atoms with E-state index in [-0.39, 0.29) is 5.91 Å². The minimum absolute atomic E-state index is 0.218. The molecule has 1 aliphatic carbocycles. The van der Waals surface area contributed by atoms with E-state index in [4.69, 9.17) is 4.42 Å². The number of fused-ring (bicyclic) bond motifs is 2. The van der Waals surface area contributed by atoms with Gasteiger partial charge >= 0.3 is 0 Å². The zero-order valence-electron chi connectivity index (χ0n) is 12.7. The lowest BCUT2D eigenvalue weighted by atomic mass is 10.2. The lowest BCUT2D eigenvalue weighted by Crippen LogP contribution is -2.12. The van der Waals surface area contributed by atoms with Crippen molar-refractivity contribution in [2.75, 3.05) is 5.32 Å². The minimum Gasteiger partial charge on any atom is -0.437 e. The molecular formula is C17H16N4O2. The van der Waals surface area contributed by atoms with Gasteiger partial charge in [-0.05, 0) is 31.4 Å². The number of nitrogens with zero attached hydrogens (tertiary/aromatic N) is 3. The molecule has 0 fully saturated rings. The van der Waals surface area contributed by atoms with Gasteiger partial charge in [0.15, 0.2) is 5.58 Å². The van der Waals surface area contributed by atoms with Crippen LogP contribution < -0.4 is 5.32 Å². The summed E-state index contributed by atoms with van der Waals surface area (Å²) in [7, 11) is 1.85. The van der Waals surface area contributed by atoms with Crippen molar-refractivity contribution < 1.29 is 9.21 Å². The van der Waals surface area contributed by atoms with E-state index in [0.29, 0.717) is 11.5 Å². The lowest BCUT2D eigenvalue weighted by Gasteiger charge is -2.04. The van der Waals surface area contributed by atoms with Crippen LogP contribution >= 0.6 is 0 Å². The molecule has 1 aromatic carbocycles. The smallest absolute Gasteiger partial charge is 0.249 e. The van der Waals surface area contributed by atoms with E-state index in [2.05, 4.69) is 15.4 Å². The number of aromatic nitrogens is 3. The number of anilines is 1. The van der Waals surface area contributed by atoms with Crippen LogP contribution in [0.15, 0.2) is 34.8 Å². The number of carbonyl (C=O) groups is 1. The molecule has 6 nitrogen and oxygen atoms in total. The monoisotopic (exact) mass is 308 g/mol. The van der Waals surface area contributed by atoms with E-state index in [1.165, 1.54) is 6.08 Å². The van der Waals surface area contributed by atoms with E-state index in [1.54, 1.807) is 10.8 Å². The van der Waals surface area contributed by atoms with Gasteiger partial charge in [0.1, 0.15) is 11.3 Å². The van der Waals surface area contributed by atoms with Crippen LogP contribution in [0.4, 0.5) is 5.82 Å². The van der Waals surface area contributed by atoms with Crippen molar-refractivity contribution in [3.8, 4) is 0 Å². The normalized spacial score (nSPS) is 13.8. The van der Waals surface area contributed by atoms with Crippen molar-refractivity contribution in [2.45, 2.75) is 19.3 Å². The van der Waals surface area contributed by atoms with Crippen LogP contribution in [0.25, 0.3) is 17.2 Å². The second-order valence-corrected chi connectivity index (χ2v) is 5.59. The van der Waals surface area contributed by atoms with E-state index < -0.39 is 0 Å². The highest BCUT2D eigenvalue weighted by atomic mass is 16.3. The van der Waals surface area contributed by atoms with E-state index in [9.17, 15) is 4.79 Å². The number of carbonyl (C=O) groups excluding carboxylic acids is 1. The van der Waals surface area contributed by atoms with Gasteiger partial charge < -0.3 is 9.73 Å². The molecule has 0 radical (unpaired) electrons. The first-order valence-electron chi connectivity index (χ1n) is 7.60. The van der Waals surface area contributed by atoms with Gasteiger partial charge in [0.05, 0.1) is 5.69 Å². The number of amides is 1. The van der Waals surface area contributed by atoms with E-state index >= 15 is 0 Å². The molecule has 1 amide bonds. The van der Waals surface area contributed by atoms with Crippen LogP contribution in [0.1, 0.15) is 23.6 Å². The Labute approximate surface area is 132 Å². The number of hydrogen-bond donors (Lipinski definition) is 1. The molecule has 4 rings (SSSR count). The predicted molar refractivity (Wildman–Crippen MR) is 86.9 cm³/mol. The van der Waals surface area contributed by atoms with Crippen molar-refractivity contribution in [1.82, 2.24) is 14.8 Å². The molecule has 0 spiro atoms. The Morgan fingerprint density at radius 2 is 2.22 bits per heavy atom. The summed E-state index contributed by atoms with van der Waals surface area (Å²) in [5.41, 5.74) is 3.72. The highest BCUT2D eigenvalue weighted by molar-refractivity contribution is 6.01. The summed E-state index contributed by atoms with van der Waals surface area (Å²) >= 11 is 0. The number of rotatable bonds is 3. The van der Waals surface area contributed by atoms with Crippen LogP contribution in [-0.2, 0) is 24.7 Å². The molecule has 23 heavy (non-hydrogen) atoms. The maximum absolute atomic E-state index is 12.1. The molecule has 3 aromatic rings. The first-order valence-corrected chi connectivity index (χ1v) is 7.60. The second-order valence-electron chi connectivity index (χ2n) is 5.59. The third-order valence-electron chi connectivity index (χ3n) is 4.00. The summed E-state index contributed by atoms with van der Waals surface area (Å²) < 4.78 is 7.29. The Kier molecular flexibility index (Phi) is 3.22. The summed E-state index contributed by atoms with van der Waals surface area (Å²) in [6, 6.07) is 7.50. The fraction of sp³-hybridized carbons (Fsp3) is 0.235. The second kappa shape index (κ2) is 5.39. The Bertz CT molecular complexity index is 887. The maximum Gasteiger partial charge on any atom is 0.249 e. The minimum atomic E-state index is -0.218. The van der Waals surface area contributed by atoms with Crippen molar-refractivity contribution in [1.29, 1.82) is 0 Å². The SMILES string of the molecule is Cn1nc2c(c1NC(=O)C=Cc1nc3ccccc3o1)CCC2. The molecule has 0 unspecified atom stereocenters. The molecule has 116 valence electrons. The fourth-order valence-electron chi connectivity index (χ4n) is 2.94. The van der Waals surface area contributed by atoms with Crippen molar-refractivity contribution in [3.05, 3.63) is 47.5 Å². The summed E-state index contributed by atoms with van der Waals surface area (Å²) in [5, 5.41) is 7.34. The molecule has 1 aliphatic rings. The van der Waals surface area contributed by atoms with Gasteiger partial charge in [-0.2, -0.15) is 5.10 Å². The van der Waals surface area contributed by atoms with Crippen molar-refractivity contribution in [2.24, 2.45) is 7.05 Å². The number of para-hydroxylation sites is 2. The average molecular weight is 308 g/mol. The highest BCUT2D eigenvalue weighted by Gasteiger charge is 2.21. The molecule has 0 bridgehead atoms. The van der Waals surface area contributed by atoms with Gasteiger partial charge in [0.2, 0.25) is 11.8 Å². The molecule has 2 aromatic heterocycles. The van der Waals surface area contributed by atoms with Crippen molar-refractivity contribution >= 4 is 28.9 Å². The first-order chi connectivity index (χ1) is 11.2. The molecule has 6 heteroatoms. The van der Waals surface area contributed by atoms with Crippen LogP contribution in [0.2, 0.25) is 0 Å². The summed E-state index contributed by atoms with van der Waals surface area (Å²) in [6.45, 7) is 0. The Morgan fingerprint density at radius 1 is 1.35 bits per heavy atom. The number of nitrogens with one attached hydrogen (secondary N) is 1. The fourth-order valence-corrected chi connectivity index (χ4v) is 2.94. The zero-order chi connectivity index (χ0) is 15.8. The number of hydrogen-bond acceptors (Lipinski definition) is 4. The number of oxazole rings is 1. The molecular weight excluding hydrogens is 292 g/mol. The van der Waals surface area contributed by atoms with Crippen LogP contribution in [-0.4, -0.2) is 20.7 Å². The average Bonchev–Trinajstić information content (AvgIpc) is 3.21. The van der Waals surface area contributed by atoms with Gasteiger partial charge in [-0.1, -0.05) is 12.1 Å². The molecule has 0 aliphatic heterocycles. The molecule has 1 N–H and O–H groups in total. The van der Waals surface area contributed by atoms with Gasteiger partial charge in [-0.15, -0.1) is 0 Å². The van der Waals surface area contributed by atoms with Crippen molar-refractivity contribution in [3.63, 3.8) is 0 Å². The predicted octanol–water partition coefficient (Wildman–Crippen LogP) is 2.70. The number of aryl methyl sites for hydroxylation is 2. The summed E-state index contributed by atoms with van der Waals surface area (Å²) in [6.07, 6.45) is 6.05. The molecule has 0 saturated heterocycles. The largest absolute Gasteiger partial charge is 0.437 e. The Morgan fingerprint density at radius 3 is 3.09 bits per heavy atom. The summed E-state index contributed by atoms with van der Waals surface area (Å²) in [4.78, 5) is 16.4. The molecule has 0 saturated carbocycles. The van der Waals surface area contributed by atoms with Gasteiger partial charge in [-0.3, -0.25) is 9.48 Å². The van der Waals surface area contributed by atoms with Crippen LogP contribution in [0.3, 0.4) is 0 Å². The first kappa shape index (κ1) is 13.8.